The van der Waals surface area contributed by atoms with Crippen molar-refractivity contribution in [2.24, 2.45) is 0 Å². The molecule has 1 aromatic carbocycles. The molecule has 1 N–H and O–H groups in total. The minimum atomic E-state index is -3.38. The molecule has 1 aromatic rings. The number of rotatable bonds is 2. The van der Waals surface area contributed by atoms with Crippen molar-refractivity contribution in [2.75, 3.05) is 18.4 Å². The van der Waals surface area contributed by atoms with Gasteiger partial charge in [0.1, 0.15) is 0 Å². The average Bonchev–Trinajstić information content (AvgIpc) is 2.95. The van der Waals surface area contributed by atoms with E-state index in [9.17, 15) is 13.2 Å². The van der Waals surface area contributed by atoms with Crippen LogP contribution >= 0.6 is 0 Å². The first-order valence-corrected chi connectivity index (χ1v) is 7.44. The van der Waals surface area contributed by atoms with E-state index in [1.165, 1.54) is 4.31 Å². The van der Waals surface area contributed by atoms with Crippen LogP contribution in [-0.2, 0) is 21.2 Å². The van der Waals surface area contributed by atoms with Gasteiger partial charge in [-0.2, -0.15) is 4.31 Å². The highest BCUT2D eigenvalue weighted by atomic mass is 32.2. The number of nitrogens with zero attached hydrogens (tertiary/aromatic N) is 1. The lowest BCUT2D eigenvalue weighted by atomic mass is 10.2. The Hall–Kier alpha value is -1.40. The summed E-state index contributed by atoms with van der Waals surface area (Å²) in [6.07, 6.45) is 2.10. The van der Waals surface area contributed by atoms with Gasteiger partial charge in [-0.25, -0.2) is 8.42 Å². The summed E-state index contributed by atoms with van der Waals surface area (Å²) in [5.41, 5.74) is 1.49. The van der Waals surface area contributed by atoms with Gasteiger partial charge in [0.15, 0.2) is 0 Å². The van der Waals surface area contributed by atoms with Gasteiger partial charge in [-0.1, -0.05) is 0 Å². The molecular weight excluding hydrogens is 252 g/mol. The fourth-order valence-electron chi connectivity index (χ4n) is 2.44. The zero-order valence-corrected chi connectivity index (χ0v) is 10.7. The second kappa shape index (κ2) is 4.07. The van der Waals surface area contributed by atoms with Crippen LogP contribution in [0.5, 0.6) is 0 Å². The highest BCUT2D eigenvalue weighted by Gasteiger charge is 2.28. The highest BCUT2D eigenvalue weighted by Crippen LogP contribution is 2.28. The minimum Gasteiger partial charge on any atom is -0.326 e. The van der Waals surface area contributed by atoms with Crippen molar-refractivity contribution in [2.45, 2.75) is 24.2 Å². The van der Waals surface area contributed by atoms with Crippen LogP contribution < -0.4 is 5.32 Å². The molecule has 0 saturated carbocycles. The smallest absolute Gasteiger partial charge is 0.243 e. The topological polar surface area (TPSA) is 66.5 Å². The first-order valence-electron chi connectivity index (χ1n) is 6.00. The third-order valence-corrected chi connectivity index (χ3v) is 5.30. The van der Waals surface area contributed by atoms with Crippen LogP contribution in [-0.4, -0.2) is 31.7 Å². The molecule has 0 atom stereocenters. The molecule has 0 unspecified atom stereocenters. The summed E-state index contributed by atoms with van der Waals surface area (Å²) < 4.78 is 26.2. The van der Waals surface area contributed by atoms with Gasteiger partial charge in [-0.3, -0.25) is 4.79 Å². The summed E-state index contributed by atoms with van der Waals surface area (Å²) in [7, 11) is -3.38. The summed E-state index contributed by atoms with van der Waals surface area (Å²) in [6, 6.07) is 4.85. The maximum absolute atomic E-state index is 12.3. The van der Waals surface area contributed by atoms with E-state index in [1.807, 2.05) is 0 Å². The molecule has 5 nitrogen and oxygen atoms in total. The molecule has 2 aliphatic rings. The SMILES string of the molecule is O=C1Cc2cc(S(=O)(=O)N3CCCC3)ccc2N1. The number of anilines is 1. The van der Waals surface area contributed by atoms with Crippen molar-refractivity contribution in [3.8, 4) is 0 Å². The van der Waals surface area contributed by atoms with E-state index in [0.717, 1.165) is 24.1 Å². The second-order valence-electron chi connectivity index (χ2n) is 4.66. The van der Waals surface area contributed by atoms with Crippen molar-refractivity contribution >= 4 is 21.6 Å². The van der Waals surface area contributed by atoms with Gasteiger partial charge < -0.3 is 5.32 Å². The zero-order chi connectivity index (χ0) is 12.8. The van der Waals surface area contributed by atoms with E-state index in [0.29, 0.717) is 18.0 Å². The quantitative estimate of drug-likeness (QED) is 0.867. The lowest BCUT2D eigenvalue weighted by Gasteiger charge is -2.15. The van der Waals surface area contributed by atoms with Crippen LogP contribution in [0.15, 0.2) is 23.1 Å². The number of fused-ring (bicyclic) bond motifs is 1. The Morgan fingerprint density at radius 1 is 1.17 bits per heavy atom. The van der Waals surface area contributed by atoms with E-state index in [4.69, 9.17) is 0 Å². The van der Waals surface area contributed by atoms with Gasteiger partial charge >= 0.3 is 0 Å². The molecule has 1 fully saturated rings. The number of amides is 1. The van der Waals surface area contributed by atoms with E-state index in [2.05, 4.69) is 5.32 Å². The summed E-state index contributed by atoms with van der Waals surface area (Å²) in [4.78, 5) is 11.5. The third kappa shape index (κ3) is 1.81. The lowest BCUT2D eigenvalue weighted by Crippen LogP contribution is -2.27. The zero-order valence-electron chi connectivity index (χ0n) is 9.85. The molecule has 0 bridgehead atoms. The summed E-state index contributed by atoms with van der Waals surface area (Å²) in [6.45, 7) is 1.19. The predicted molar refractivity (Wildman–Crippen MR) is 66.8 cm³/mol. The first-order chi connectivity index (χ1) is 8.57. The number of carbonyl (C=O) groups excluding carboxylic acids is 1. The van der Waals surface area contributed by atoms with Crippen LogP contribution in [0.1, 0.15) is 18.4 Å². The maximum Gasteiger partial charge on any atom is 0.243 e. The van der Waals surface area contributed by atoms with Crippen molar-refractivity contribution in [1.82, 2.24) is 4.31 Å². The van der Waals surface area contributed by atoms with E-state index in [-0.39, 0.29) is 12.3 Å². The molecule has 0 spiro atoms. The Morgan fingerprint density at radius 3 is 2.61 bits per heavy atom. The van der Waals surface area contributed by atoms with E-state index >= 15 is 0 Å². The highest BCUT2D eigenvalue weighted by molar-refractivity contribution is 7.89. The fourth-order valence-corrected chi connectivity index (χ4v) is 4.01. The molecule has 18 heavy (non-hydrogen) atoms. The van der Waals surface area contributed by atoms with Crippen molar-refractivity contribution in [1.29, 1.82) is 0 Å². The van der Waals surface area contributed by atoms with Crippen LogP contribution in [0.4, 0.5) is 5.69 Å². The molecule has 2 aliphatic heterocycles. The minimum absolute atomic E-state index is 0.0827. The number of nitrogens with one attached hydrogen (secondary N) is 1. The monoisotopic (exact) mass is 266 g/mol. The van der Waals surface area contributed by atoms with Gasteiger partial charge in [0.2, 0.25) is 15.9 Å². The number of hydrogen-bond acceptors (Lipinski definition) is 3. The van der Waals surface area contributed by atoms with Gasteiger partial charge in [0.25, 0.3) is 0 Å². The molecule has 0 aromatic heterocycles. The Balaban J connectivity index is 1.98. The van der Waals surface area contributed by atoms with Gasteiger partial charge in [0, 0.05) is 18.8 Å². The standard InChI is InChI=1S/C12H14N2O3S/c15-12-8-9-7-10(3-4-11(9)13-12)18(16,17)14-5-1-2-6-14/h3-4,7H,1-2,5-6,8H2,(H,13,15). The molecule has 96 valence electrons. The molecule has 2 heterocycles. The van der Waals surface area contributed by atoms with Crippen molar-refractivity contribution < 1.29 is 13.2 Å². The lowest BCUT2D eigenvalue weighted by molar-refractivity contribution is -0.115. The molecule has 0 aliphatic carbocycles. The molecule has 3 rings (SSSR count). The van der Waals surface area contributed by atoms with Crippen molar-refractivity contribution in [3.63, 3.8) is 0 Å². The largest absolute Gasteiger partial charge is 0.326 e. The molecule has 1 amide bonds. The number of benzene rings is 1. The second-order valence-corrected chi connectivity index (χ2v) is 6.59. The molecular formula is C12H14N2O3S. The maximum atomic E-state index is 12.3. The van der Waals surface area contributed by atoms with Gasteiger partial charge in [-0.15, -0.1) is 0 Å². The van der Waals surface area contributed by atoms with E-state index < -0.39 is 10.0 Å². The van der Waals surface area contributed by atoms with E-state index in [1.54, 1.807) is 18.2 Å². The Kier molecular flexibility index (Phi) is 2.64. The molecule has 0 radical (unpaired) electrons. The number of hydrogen-bond donors (Lipinski definition) is 1. The van der Waals surface area contributed by atoms with Gasteiger partial charge in [0.05, 0.1) is 11.3 Å². The number of sulfonamides is 1. The third-order valence-electron chi connectivity index (χ3n) is 3.40. The van der Waals surface area contributed by atoms with Crippen LogP contribution in [0.3, 0.4) is 0 Å². The Morgan fingerprint density at radius 2 is 1.89 bits per heavy atom. The predicted octanol–water partition coefficient (Wildman–Crippen LogP) is 0.966. The van der Waals surface area contributed by atoms with Crippen molar-refractivity contribution in [3.05, 3.63) is 23.8 Å². The average molecular weight is 266 g/mol. The van der Waals surface area contributed by atoms with Crippen LogP contribution in [0.25, 0.3) is 0 Å². The molecule has 6 heteroatoms. The van der Waals surface area contributed by atoms with Gasteiger partial charge in [-0.05, 0) is 36.6 Å². The summed E-state index contributed by atoms with van der Waals surface area (Å²) in [5.74, 6) is -0.0827. The summed E-state index contributed by atoms with van der Waals surface area (Å²) in [5, 5.41) is 2.70. The molecule has 1 saturated heterocycles. The summed E-state index contributed by atoms with van der Waals surface area (Å²) >= 11 is 0. The van der Waals surface area contributed by atoms with Crippen LogP contribution in [0.2, 0.25) is 0 Å². The van der Waals surface area contributed by atoms with Crippen LogP contribution in [0, 0.1) is 0 Å². The normalized spacial score (nSPS) is 19.9. The fraction of sp³-hybridized carbons (Fsp3) is 0.417. The Labute approximate surface area is 106 Å². The Bertz CT molecular complexity index is 604. The first kappa shape index (κ1) is 11.7. The number of carbonyl (C=O) groups is 1.